The molecule has 1 aromatic carbocycles. The van der Waals surface area contributed by atoms with Gasteiger partial charge < -0.3 is 25.4 Å². The minimum atomic E-state index is -4.43. The Labute approximate surface area is 146 Å². The van der Waals surface area contributed by atoms with Crippen LogP contribution < -0.4 is 16.6 Å². The first-order valence-corrected chi connectivity index (χ1v) is 9.15. The molecule has 136 valence electrons. The number of nitrogen functional groups attached to an aromatic ring is 1. The Morgan fingerprint density at radius 2 is 2.15 bits per heavy atom. The molecule has 11 nitrogen and oxygen atoms in total. The van der Waals surface area contributed by atoms with Crippen LogP contribution in [0.3, 0.4) is 0 Å². The van der Waals surface area contributed by atoms with E-state index in [0.29, 0.717) is 17.9 Å². The van der Waals surface area contributed by atoms with E-state index in [-0.39, 0.29) is 11.5 Å². The molecular formula is C14H15N6O5P. The normalized spacial score (nSPS) is 11.6. The summed E-state index contributed by atoms with van der Waals surface area (Å²) >= 11 is 0. The summed E-state index contributed by atoms with van der Waals surface area (Å²) in [5.41, 5.74) is 6.73. The van der Waals surface area contributed by atoms with Crippen molar-refractivity contribution in [3.8, 4) is 0 Å². The largest absolute Gasteiger partial charge is 0.369 e. The van der Waals surface area contributed by atoms with Crippen molar-refractivity contribution in [3.05, 3.63) is 46.5 Å². The van der Waals surface area contributed by atoms with E-state index in [9.17, 15) is 14.2 Å². The van der Waals surface area contributed by atoms with E-state index in [1.165, 1.54) is 6.33 Å². The van der Waals surface area contributed by atoms with Crippen LogP contribution >= 0.6 is 7.60 Å². The maximum atomic E-state index is 11.8. The molecule has 2 heterocycles. The molecule has 6 N–H and O–H groups in total. The van der Waals surface area contributed by atoms with Gasteiger partial charge in [0.05, 0.1) is 12.9 Å². The first-order chi connectivity index (χ1) is 12.2. The van der Waals surface area contributed by atoms with Gasteiger partial charge in [-0.05, 0) is 17.7 Å². The predicted octanol–water partition coefficient (Wildman–Crippen LogP) is -0.134. The first-order valence-electron chi connectivity index (χ1n) is 7.35. The Bertz CT molecular complexity index is 1080. The molecule has 0 aliphatic carbocycles. The summed E-state index contributed by atoms with van der Waals surface area (Å²) in [7, 11) is -4.43. The summed E-state index contributed by atoms with van der Waals surface area (Å²) in [5, 5.41) is 2.43. The van der Waals surface area contributed by atoms with Gasteiger partial charge in [-0.1, -0.05) is 12.1 Å². The van der Waals surface area contributed by atoms with Crippen LogP contribution in [-0.4, -0.2) is 41.4 Å². The van der Waals surface area contributed by atoms with Crippen molar-refractivity contribution in [2.24, 2.45) is 0 Å². The fourth-order valence-electron chi connectivity index (χ4n) is 2.42. The van der Waals surface area contributed by atoms with Gasteiger partial charge in [-0.2, -0.15) is 4.98 Å². The number of imidazole rings is 1. The number of carbonyl (C=O) groups is 1. The Morgan fingerprint density at radius 1 is 1.38 bits per heavy atom. The van der Waals surface area contributed by atoms with Crippen LogP contribution in [0.5, 0.6) is 0 Å². The SMILES string of the molecule is Nc1nc2c(ncn2Cc2cccc(NC(=O)CP(=O)(O)O)c2)c(=O)[nH]1. The van der Waals surface area contributed by atoms with Gasteiger partial charge in [0.1, 0.15) is 6.16 Å². The van der Waals surface area contributed by atoms with E-state index in [4.69, 9.17) is 15.5 Å². The molecule has 2 aromatic heterocycles. The highest BCUT2D eigenvalue weighted by Crippen LogP contribution is 2.33. The zero-order chi connectivity index (χ0) is 18.9. The van der Waals surface area contributed by atoms with Gasteiger partial charge in [0.25, 0.3) is 5.56 Å². The molecule has 3 rings (SSSR count). The number of nitrogens with one attached hydrogen (secondary N) is 2. The van der Waals surface area contributed by atoms with E-state index in [0.717, 1.165) is 5.56 Å². The lowest BCUT2D eigenvalue weighted by Crippen LogP contribution is -2.16. The molecular weight excluding hydrogens is 363 g/mol. The standard InChI is InChI=1S/C14H15N6O5P/c15-14-18-12-11(13(22)19-14)16-7-20(12)5-8-2-1-3-9(4-8)17-10(21)6-26(23,24)25/h1-4,7H,5-6H2,(H,17,21)(H2,23,24,25)(H3,15,18,19,22). The Hall–Kier alpha value is -3.01. The van der Waals surface area contributed by atoms with Gasteiger partial charge in [-0.3, -0.25) is 19.1 Å². The fraction of sp³-hybridized carbons (Fsp3) is 0.143. The quantitative estimate of drug-likeness (QED) is 0.381. The third kappa shape index (κ3) is 4.14. The van der Waals surface area contributed by atoms with Crippen LogP contribution in [-0.2, 0) is 15.9 Å². The molecule has 0 aliphatic rings. The number of hydrogen-bond donors (Lipinski definition) is 5. The van der Waals surface area contributed by atoms with Crippen LogP contribution in [0.15, 0.2) is 35.4 Å². The minimum Gasteiger partial charge on any atom is -0.369 e. The third-order valence-corrected chi connectivity index (χ3v) is 4.11. The fourth-order valence-corrected chi connectivity index (χ4v) is 2.87. The average molecular weight is 378 g/mol. The van der Waals surface area contributed by atoms with Gasteiger partial charge in [-0.15, -0.1) is 0 Å². The smallest absolute Gasteiger partial charge is 0.334 e. The van der Waals surface area contributed by atoms with Crippen molar-refractivity contribution in [2.45, 2.75) is 6.54 Å². The zero-order valence-corrected chi connectivity index (χ0v) is 14.2. The maximum Gasteiger partial charge on any atom is 0.334 e. The van der Waals surface area contributed by atoms with Crippen LogP contribution in [0.2, 0.25) is 0 Å². The molecule has 3 aromatic rings. The third-order valence-electron chi connectivity index (χ3n) is 3.41. The van der Waals surface area contributed by atoms with E-state index >= 15 is 0 Å². The number of hydrogen-bond acceptors (Lipinski definition) is 6. The molecule has 0 radical (unpaired) electrons. The van der Waals surface area contributed by atoms with Gasteiger partial charge in [-0.25, -0.2) is 4.98 Å². The zero-order valence-electron chi connectivity index (χ0n) is 13.3. The number of aromatic amines is 1. The molecule has 26 heavy (non-hydrogen) atoms. The summed E-state index contributed by atoms with van der Waals surface area (Å²) in [4.78, 5) is 51.5. The average Bonchev–Trinajstić information content (AvgIpc) is 2.89. The first kappa shape index (κ1) is 17.8. The van der Waals surface area contributed by atoms with Gasteiger partial charge in [0.2, 0.25) is 11.9 Å². The molecule has 0 saturated carbocycles. The van der Waals surface area contributed by atoms with Crippen molar-refractivity contribution in [1.82, 2.24) is 19.5 Å². The predicted molar refractivity (Wildman–Crippen MR) is 93.6 cm³/mol. The molecule has 1 amide bonds. The number of H-pyrrole nitrogens is 1. The molecule has 0 fully saturated rings. The van der Waals surface area contributed by atoms with E-state index in [1.807, 2.05) is 0 Å². The number of benzene rings is 1. The summed E-state index contributed by atoms with van der Waals surface area (Å²) in [6.45, 7) is 0.300. The number of amides is 1. The van der Waals surface area contributed by atoms with Crippen molar-refractivity contribution in [3.63, 3.8) is 0 Å². The molecule has 0 atom stereocenters. The Balaban J connectivity index is 1.82. The van der Waals surface area contributed by atoms with Gasteiger partial charge in [0.15, 0.2) is 11.2 Å². The molecule has 0 unspecified atom stereocenters. The van der Waals surface area contributed by atoms with Crippen molar-refractivity contribution in [2.75, 3.05) is 17.2 Å². The van der Waals surface area contributed by atoms with E-state index < -0.39 is 25.2 Å². The summed E-state index contributed by atoms with van der Waals surface area (Å²) < 4.78 is 12.5. The highest BCUT2D eigenvalue weighted by Gasteiger charge is 2.19. The summed E-state index contributed by atoms with van der Waals surface area (Å²) in [6.07, 6.45) is 0.556. The van der Waals surface area contributed by atoms with Crippen molar-refractivity contribution in [1.29, 1.82) is 0 Å². The van der Waals surface area contributed by atoms with Crippen LogP contribution in [0.4, 0.5) is 11.6 Å². The van der Waals surface area contributed by atoms with Crippen LogP contribution in [0.25, 0.3) is 11.2 Å². The second-order valence-electron chi connectivity index (χ2n) is 5.57. The number of aromatic nitrogens is 4. The highest BCUT2D eigenvalue weighted by atomic mass is 31.2. The lowest BCUT2D eigenvalue weighted by Gasteiger charge is -2.09. The number of anilines is 2. The summed E-state index contributed by atoms with van der Waals surface area (Å²) in [5.74, 6) is -0.813. The number of nitrogens with two attached hydrogens (primary N) is 1. The van der Waals surface area contributed by atoms with Gasteiger partial charge >= 0.3 is 7.60 Å². The monoisotopic (exact) mass is 378 g/mol. The maximum absolute atomic E-state index is 11.8. The summed E-state index contributed by atoms with van der Waals surface area (Å²) in [6, 6.07) is 6.69. The van der Waals surface area contributed by atoms with Crippen molar-refractivity contribution >= 4 is 36.3 Å². The second kappa shape index (κ2) is 6.71. The lowest BCUT2D eigenvalue weighted by atomic mass is 10.2. The molecule has 0 aliphatic heterocycles. The Kier molecular flexibility index (Phi) is 4.60. The van der Waals surface area contributed by atoms with E-state index in [1.54, 1.807) is 28.8 Å². The number of carbonyl (C=O) groups excluding carboxylic acids is 1. The minimum absolute atomic E-state index is 0.0253. The molecule has 12 heteroatoms. The molecule has 0 saturated heterocycles. The number of nitrogens with zero attached hydrogens (tertiary/aromatic N) is 3. The molecule has 0 bridgehead atoms. The van der Waals surface area contributed by atoms with Crippen LogP contribution in [0.1, 0.15) is 5.56 Å². The molecule has 0 spiro atoms. The second-order valence-corrected chi connectivity index (χ2v) is 7.21. The van der Waals surface area contributed by atoms with Crippen LogP contribution in [0, 0.1) is 0 Å². The van der Waals surface area contributed by atoms with Gasteiger partial charge in [0, 0.05) is 5.69 Å². The van der Waals surface area contributed by atoms with Crippen molar-refractivity contribution < 1.29 is 19.1 Å². The number of fused-ring (bicyclic) bond motifs is 1. The topological polar surface area (TPSA) is 176 Å². The number of rotatable bonds is 5. The highest BCUT2D eigenvalue weighted by molar-refractivity contribution is 7.52. The lowest BCUT2D eigenvalue weighted by molar-refractivity contribution is -0.114. The van der Waals surface area contributed by atoms with E-state index in [2.05, 4.69) is 20.3 Å². The Morgan fingerprint density at radius 3 is 2.88 bits per heavy atom.